The summed E-state index contributed by atoms with van der Waals surface area (Å²) in [5, 5.41) is 10.5. The standard InChI is InChI=1S/C19H24O4.C2H5N/c1-4-6-7-13(5-2)10-16(20)14-8-9-15-17(11-14)23-19(22)12(3)18(15)21;1-3-2/h8-9,11,13,21H,4-7,10H2,1-3H3;1H2,2H3. The largest absolute Gasteiger partial charge is 0.507 e. The minimum Gasteiger partial charge on any atom is -0.507 e. The van der Waals surface area contributed by atoms with E-state index in [1.54, 1.807) is 25.2 Å². The Kier molecular flexibility index (Phi) is 8.76. The molecule has 0 amide bonds. The average molecular weight is 359 g/mol. The van der Waals surface area contributed by atoms with Gasteiger partial charge in [-0.25, -0.2) is 4.79 Å². The molecule has 1 atom stereocenters. The van der Waals surface area contributed by atoms with Crippen LogP contribution in [0.5, 0.6) is 5.75 Å². The summed E-state index contributed by atoms with van der Waals surface area (Å²) in [6.07, 6.45) is 4.80. The maximum atomic E-state index is 12.5. The molecule has 5 nitrogen and oxygen atoms in total. The second-order valence-corrected chi connectivity index (χ2v) is 6.43. The second-order valence-electron chi connectivity index (χ2n) is 6.43. The van der Waals surface area contributed by atoms with Gasteiger partial charge in [0.05, 0.1) is 10.9 Å². The summed E-state index contributed by atoms with van der Waals surface area (Å²) in [7, 11) is 1.64. The number of fused-ring (bicyclic) bond motifs is 1. The number of carbonyl (C=O) groups is 1. The summed E-state index contributed by atoms with van der Waals surface area (Å²) in [5.74, 6) is 0.360. The van der Waals surface area contributed by atoms with Crippen molar-refractivity contribution in [2.45, 2.75) is 52.9 Å². The van der Waals surface area contributed by atoms with E-state index in [-0.39, 0.29) is 22.7 Å². The van der Waals surface area contributed by atoms with Crippen LogP contribution in [-0.4, -0.2) is 24.7 Å². The summed E-state index contributed by atoms with van der Waals surface area (Å²) in [5.41, 5.74) is 0.389. The molecule has 0 aliphatic carbocycles. The van der Waals surface area contributed by atoms with E-state index in [4.69, 9.17) is 4.42 Å². The third-order valence-electron chi connectivity index (χ3n) is 4.44. The van der Waals surface area contributed by atoms with Crippen molar-refractivity contribution in [1.29, 1.82) is 0 Å². The molecule has 26 heavy (non-hydrogen) atoms. The first-order valence-electron chi connectivity index (χ1n) is 9.03. The van der Waals surface area contributed by atoms with E-state index >= 15 is 0 Å². The lowest BCUT2D eigenvalue weighted by molar-refractivity contribution is 0.0957. The molecule has 0 aliphatic heterocycles. The van der Waals surface area contributed by atoms with Crippen LogP contribution in [0, 0.1) is 12.8 Å². The molecular formula is C21H29NO4. The first kappa shape index (κ1) is 21.6. The van der Waals surface area contributed by atoms with E-state index < -0.39 is 5.63 Å². The number of nitrogens with zero attached hydrogens (tertiary/aromatic N) is 1. The van der Waals surface area contributed by atoms with Crippen LogP contribution in [0.15, 0.2) is 32.4 Å². The van der Waals surface area contributed by atoms with Gasteiger partial charge in [-0.2, -0.15) is 0 Å². The molecule has 2 aromatic rings. The maximum absolute atomic E-state index is 12.5. The van der Waals surface area contributed by atoms with Gasteiger partial charge in [-0.05, 0) is 31.7 Å². The van der Waals surface area contributed by atoms with Crippen LogP contribution in [-0.2, 0) is 0 Å². The monoisotopic (exact) mass is 359 g/mol. The number of hydrogen-bond acceptors (Lipinski definition) is 5. The fourth-order valence-corrected chi connectivity index (χ4v) is 2.77. The third kappa shape index (κ3) is 5.55. The molecule has 1 unspecified atom stereocenters. The van der Waals surface area contributed by atoms with E-state index in [0.717, 1.165) is 25.7 Å². The van der Waals surface area contributed by atoms with Crippen LogP contribution in [0.4, 0.5) is 0 Å². The van der Waals surface area contributed by atoms with Gasteiger partial charge in [0.1, 0.15) is 11.3 Å². The van der Waals surface area contributed by atoms with Crippen molar-refractivity contribution < 1.29 is 14.3 Å². The highest BCUT2D eigenvalue weighted by Gasteiger charge is 2.16. The summed E-state index contributed by atoms with van der Waals surface area (Å²) < 4.78 is 5.19. The Hall–Kier alpha value is -2.43. The van der Waals surface area contributed by atoms with E-state index in [1.165, 1.54) is 6.92 Å². The lowest BCUT2D eigenvalue weighted by Gasteiger charge is -2.13. The van der Waals surface area contributed by atoms with Gasteiger partial charge in [0.25, 0.3) is 0 Å². The molecule has 1 N–H and O–H groups in total. The van der Waals surface area contributed by atoms with E-state index in [9.17, 15) is 14.7 Å². The fraction of sp³-hybridized carbons (Fsp3) is 0.476. The Morgan fingerprint density at radius 2 is 2.00 bits per heavy atom. The quantitative estimate of drug-likeness (QED) is 0.432. The van der Waals surface area contributed by atoms with Crippen molar-refractivity contribution >= 4 is 23.5 Å². The van der Waals surface area contributed by atoms with Crippen molar-refractivity contribution in [2.24, 2.45) is 10.9 Å². The van der Waals surface area contributed by atoms with Crippen LogP contribution in [0.1, 0.15) is 61.9 Å². The molecule has 0 fully saturated rings. The number of carbonyl (C=O) groups excluding carboxylic acids is 1. The zero-order chi connectivity index (χ0) is 19.7. The summed E-state index contributed by atoms with van der Waals surface area (Å²) in [6.45, 7) is 8.88. The minimum atomic E-state index is -0.575. The molecule has 0 aliphatic rings. The smallest absolute Gasteiger partial charge is 0.342 e. The van der Waals surface area contributed by atoms with Crippen molar-refractivity contribution in [3.05, 3.63) is 39.7 Å². The van der Waals surface area contributed by atoms with Crippen molar-refractivity contribution in [2.75, 3.05) is 7.05 Å². The number of Topliss-reactive ketones (excluding diaryl/α,β-unsaturated/α-hetero) is 1. The molecule has 1 aromatic carbocycles. The van der Waals surface area contributed by atoms with Crippen LogP contribution >= 0.6 is 0 Å². The molecule has 1 aromatic heterocycles. The van der Waals surface area contributed by atoms with Gasteiger partial charge in [0.15, 0.2) is 5.78 Å². The van der Waals surface area contributed by atoms with Crippen LogP contribution in [0.25, 0.3) is 11.0 Å². The highest BCUT2D eigenvalue weighted by molar-refractivity contribution is 5.99. The van der Waals surface area contributed by atoms with Gasteiger partial charge in [0.2, 0.25) is 0 Å². The second kappa shape index (κ2) is 10.5. The van der Waals surface area contributed by atoms with Gasteiger partial charge >= 0.3 is 5.63 Å². The lowest BCUT2D eigenvalue weighted by atomic mass is 9.91. The normalized spacial score (nSPS) is 11.5. The molecule has 1 heterocycles. The van der Waals surface area contributed by atoms with E-state index in [1.807, 2.05) is 0 Å². The topological polar surface area (TPSA) is 79.9 Å². The number of rotatable bonds is 7. The molecule has 0 bridgehead atoms. The van der Waals surface area contributed by atoms with E-state index in [2.05, 4.69) is 25.6 Å². The molecule has 0 saturated heterocycles. The summed E-state index contributed by atoms with van der Waals surface area (Å²) >= 11 is 0. The van der Waals surface area contributed by atoms with Gasteiger partial charge in [-0.1, -0.05) is 45.6 Å². The SMILES string of the molecule is C=NC.CCCCC(CC)CC(=O)c1ccc2c(O)c(C)c(=O)oc2c1. The van der Waals surface area contributed by atoms with Crippen LogP contribution < -0.4 is 5.63 Å². The van der Waals surface area contributed by atoms with Crippen LogP contribution in [0.3, 0.4) is 0 Å². The zero-order valence-electron chi connectivity index (χ0n) is 16.2. The van der Waals surface area contributed by atoms with Gasteiger partial charge < -0.3 is 14.5 Å². The zero-order valence-corrected chi connectivity index (χ0v) is 16.2. The van der Waals surface area contributed by atoms with E-state index in [0.29, 0.717) is 23.3 Å². The number of aromatic hydroxyl groups is 1. The Labute approximate surface area is 154 Å². The Morgan fingerprint density at radius 3 is 2.58 bits per heavy atom. The molecule has 142 valence electrons. The van der Waals surface area contributed by atoms with Gasteiger partial charge in [-0.15, -0.1) is 0 Å². The van der Waals surface area contributed by atoms with Gasteiger partial charge in [0, 0.05) is 19.0 Å². The van der Waals surface area contributed by atoms with Crippen molar-refractivity contribution in [3.63, 3.8) is 0 Å². The number of ketones is 1. The summed E-state index contributed by atoms with van der Waals surface area (Å²) in [6, 6.07) is 4.89. The maximum Gasteiger partial charge on any atom is 0.342 e. The predicted octanol–water partition coefficient (Wildman–Crippen LogP) is 4.91. The van der Waals surface area contributed by atoms with Crippen LogP contribution in [0.2, 0.25) is 0 Å². The number of unbranched alkanes of at least 4 members (excludes halogenated alkanes) is 1. The minimum absolute atomic E-state index is 0.0533. The molecular weight excluding hydrogens is 330 g/mol. The van der Waals surface area contributed by atoms with Crippen molar-refractivity contribution in [1.82, 2.24) is 0 Å². The molecule has 0 saturated carbocycles. The predicted molar refractivity (Wildman–Crippen MR) is 107 cm³/mol. The highest BCUT2D eigenvalue weighted by Crippen LogP contribution is 2.27. The Balaban J connectivity index is 0.00000105. The number of benzene rings is 1. The molecule has 5 heteroatoms. The number of aliphatic imine (C=N–C) groups is 1. The number of hydrogen-bond donors (Lipinski definition) is 1. The Morgan fingerprint density at radius 1 is 1.35 bits per heavy atom. The molecule has 0 spiro atoms. The highest BCUT2D eigenvalue weighted by atomic mass is 16.4. The van der Waals surface area contributed by atoms with Gasteiger partial charge in [-0.3, -0.25) is 4.79 Å². The lowest BCUT2D eigenvalue weighted by Crippen LogP contribution is -2.09. The first-order valence-corrected chi connectivity index (χ1v) is 9.03. The Bertz CT molecular complexity index is 807. The van der Waals surface area contributed by atoms with Crippen molar-refractivity contribution in [3.8, 4) is 5.75 Å². The fourth-order valence-electron chi connectivity index (χ4n) is 2.77. The average Bonchev–Trinajstić information content (AvgIpc) is 2.63. The first-order chi connectivity index (χ1) is 12.4. The third-order valence-corrected chi connectivity index (χ3v) is 4.44. The molecule has 2 rings (SSSR count). The molecule has 0 radical (unpaired) electrons. The summed E-state index contributed by atoms with van der Waals surface area (Å²) in [4.78, 5) is 27.4.